The number of rotatable bonds is 5. The van der Waals surface area contributed by atoms with Gasteiger partial charge < -0.3 is 15.2 Å². The number of ether oxygens (including phenoxy) is 1. The summed E-state index contributed by atoms with van der Waals surface area (Å²) in [4.78, 5) is 23.9. The number of carboxylic acid groups (broad SMARTS) is 1. The highest BCUT2D eigenvalue weighted by molar-refractivity contribution is 6.42. The Morgan fingerprint density at radius 1 is 1.30 bits per heavy atom. The number of halogens is 2. The number of carbonyl (C=O) groups excluding carboxylic acids is 1. The molecule has 1 aliphatic rings. The molecule has 1 atom stereocenters. The van der Waals surface area contributed by atoms with Gasteiger partial charge in [-0.15, -0.1) is 0 Å². The van der Waals surface area contributed by atoms with Crippen molar-refractivity contribution in [2.24, 2.45) is 5.41 Å². The van der Waals surface area contributed by atoms with Crippen molar-refractivity contribution in [3.8, 4) is 0 Å². The lowest BCUT2D eigenvalue weighted by atomic mass is 9.80. The summed E-state index contributed by atoms with van der Waals surface area (Å²) in [7, 11) is 0. The zero-order valence-corrected chi connectivity index (χ0v) is 14.3. The lowest BCUT2D eigenvalue weighted by Gasteiger charge is -2.33. The first kappa shape index (κ1) is 18.0. The van der Waals surface area contributed by atoms with Crippen molar-refractivity contribution in [1.82, 2.24) is 5.32 Å². The van der Waals surface area contributed by atoms with Crippen LogP contribution in [0.3, 0.4) is 0 Å². The molecule has 0 radical (unpaired) electrons. The van der Waals surface area contributed by atoms with E-state index in [0.29, 0.717) is 36.1 Å². The number of hydrogen-bond acceptors (Lipinski definition) is 3. The summed E-state index contributed by atoms with van der Waals surface area (Å²) in [5.74, 6) is -1.59. The Hall–Kier alpha value is -1.30. The Morgan fingerprint density at radius 3 is 2.52 bits per heavy atom. The first-order valence-corrected chi connectivity index (χ1v) is 8.15. The van der Waals surface area contributed by atoms with Gasteiger partial charge in [-0.2, -0.15) is 0 Å². The van der Waals surface area contributed by atoms with Crippen LogP contribution in [-0.2, 0) is 14.3 Å². The number of carbonyl (C=O) groups is 2. The molecule has 1 saturated heterocycles. The molecule has 2 rings (SSSR count). The van der Waals surface area contributed by atoms with Crippen molar-refractivity contribution in [2.75, 3.05) is 19.8 Å². The number of nitrogens with one attached hydrogen (secondary N) is 1. The second kappa shape index (κ2) is 7.51. The maximum absolute atomic E-state index is 12.3. The fourth-order valence-corrected chi connectivity index (χ4v) is 2.88. The normalized spacial score (nSPS) is 18.2. The van der Waals surface area contributed by atoms with E-state index in [1.54, 1.807) is 25.1 Å². The lowest BCUT2D eigenvalue weighted by molar-refractivity contribution is -0.154. The molecular formula is C16H19Cl2NO4. The predicted molar refractivity (Wildman–Crippen MR) is 88.0 cm³/mol. The fourth-order valence-electron chi connectivity index (χ4n) is 2.57. The van der Waals surface area contributed by atoms with Crippen LogP contribution in [0.15, 0.2) is 18.2 Å². The van der Waals surface area contributed by atoms with Gasteiger partial charge >= 0.3 is 5.97 Å². The Kier molecular flexibility index (Phi) is 5.89. The van der Waals surface area contributed by atoms with E-state index in [1.807, 2.05) is 0 Å². The molecule has 0 spiro atoms. The van der Waals surface area contributed by atoms with Gasteiger partial charge in [-0.3, -0.25) is 9.59 Å². The smallest absolute Gasteiger partial charge is 0.311 e. The van der Waals surface area contributed by atoms with Gasteiger partial charge in [0.1, 0.15) is 0 Å². The van der Waals surface area contributed by atoms with Crippen LogP contribution in [0.2, 0.25) is 10.0 Å². The zero-order chi connectivity index (χ0) is 17.0. The van der Waals surface area contributed by atoms with E-state index < -0.39 is 17.3 Å². The van der Waals surface area contributed by atoms with Gasteiger partial charge in [0, 0.05) is 19.8 Å². The van der Waals surface area contributed by atoms with Crippen molar-refractivity contribution in [2.45, 2.75) is 25.7 Å². The quantitative estimate of drug-likeness (QED) is 0.846. The maximum atomic E-state index is 12.3. The number of benzene rings is 1. The molecule has 1 amide bonds. The highest BCUT2D eigenvalue weighted by Gasteiger charge is 2.40. The summed E-state index contributed by atoms with van der Waals surface area (Å²) in [6, 6.07) is 5.02. The molecule has 0 saturated carbocycles. The minimum atomic E-state index is -0.953. The Morgan fingerprint density at radius 2 is 1.96 bits per heavy atom. The molecule has 2 N–H and O–H groups in total. The molecule has 0 aliphatic carbocycles. The van der Waals surface area contributed by atoms with Crippen LogP contribution in [0.1, 0.15) is 31.2 Å². The number of carboxylic acids is 1. The number of aliphatic carboxylic acids is 1. The Balaban J connectivity index is 2.02. The van der Waals surface area contributed by atoms with Crippen LogP contribution < -0.4 is 5.32 Å². The van der Waals surface area contributed by atoms with Crippen molar-refractivity contribution in [3.05, 3.63) is 33.8 Å². The van der Waals surface area contributed by atoms with Gasteiger partial charge in [0.05, 0.1) is 21.4 Å². The molecule has 5 nitrogen and oxygen atoms in total. The Labute approximate surface area is 144 Å². The van der Waals surface area contributed by atoms with Crippen LogP contribution >= 0.6 is 23.2 Å². The molecule has 1 fully saturated rings. The lowest BCUT2D eigenvalue weighted by Crippen LogP contribution is -2.47. The molecule has 0 aromatic heterocycles. The number of amides is 1. The summed E-state index contributed by atoms with van der Waals surface area (Å²) < 4.78 is 5.22. The van der Waals surface area contributed by atoms with E-state index in [2.05, 4.69) is 5.32 Å². The fraction of sp³-hybridized carbons (Fsp3) is 0.500. The number of hydrogen-bond donors (Lipinski definition) is 2. The monoisotopic (exact) mass is 359 g/mol. The highest BCUT2D eigenvalue weighted by atomic mass is 35.5. The van der Waals surface area contributed by atoms with Crippen molar-refractivity contribution < 1.29 is 19.4 Å². The largest absolute Gasteiger partial charge is 0.481 e. The second-order valence-corrected chi connectivity index (χ2v) is 6.63. The minimum absolute atomic E-state index is 0.0934. The summed E-state index contributed by atoms with van der Waals surface area (Å²) in [5.41, 5.74) is -0.223. The predicted octanol–water partition coefficient (Wildman–Crippen LogP) is 3.09. The topological polar surface area (TPSA) is 75.6 Å². The minimum Gasteiger partial charge on any atom is -0.481 e. The highest BCUT2D eigenvalue weighted by Crippen LogP contribution is 2.31. The van der Waals surface area contributed by atoms with Gasteiger partial charge in [-0.25, -0.2) is 0 Å². The van der Waals surface area contributed by atoms with Crippen LogP contribution in [0.25, 0.3) is 0 Å². The van der Waals surface area contributed by atoms with E-state index in [4.69, 9.17) is 27.9 Å². The summed E-state index contributed by atoms with van der Waals surface area (Å²) in [6.45, 7) is 2.62. The first-order chi connectivity index (χ1) is 10.9. The van der Waals surface area contributed by atoms with Crippen molar-refractivity contribution in [1.29, 1.82) is 0 Å². The van der Waals surface area contributed by atoms with Gasteiger partial charge in [0.15, 0.2) is 0 Å². The summed E-state index contributed by atoms with van der Waals surface area (Å²) in [5, 5.41) is 13.1. The molecule has 0 bridgehead atoms. The SMILES string of the molecule is CC(C(=O)NCC1(C(=O)O)CCOCC1)c1ccc(Cl)c(Cl)c1. The molecule has 1 aliphatic heterocycles. The molecular weight excluding hydrogens is 341 g/mol. The molecule has 7 heteroatoms. The third kappa shape index (κ3) is 4.16. The molecule has 126 valence electrons. The summed E-state index contributed by atoms with van der Waals surface area (Å²) >= 11 is 11.8. The van der Waals surface area contributed by atoms with E-state index >= 15 is 0 Å². The van der Waals surface area contributed by atoms with Crippen LogP contribution in [0.4, 0.5) is 0 Å². The average molecular weight is 360 g/mol. The molecule has 23 heavy (non-hydrogen) atoms. The Bertz CT molecular complexity index is 600. The molecule has 1 unspecified atom stereocenters. The van der Waals surface area contributed by atoms with E-state index in [1.165, 1.54) is 0 Å². The molecule has 1 aromatic rings. The third-order valence-electron chi connectivity index (χ3n) is 4.34. The van der Waals surface area contributed by atoms with Crippen LogP contribution in [-0.4, -0.2) is 36.7 Å². The maximum Gasteiger partial charge on any atom is 0.311 e. The standard InChI is InChI=1S/C16H19Cl2NO4/c1-10(11-2-3-12(17)13(18)8-11)14(20)19-9-16(15(21)22)4-6-23-7-5-16/h2-3,8,10H,4-7,9H2,1H3,(H,19,20)(H,21,22). The second-order valence-electron chi connectivity index (χ2n) is 5.81. The van der Waals surface area contributed by atoms with Crippen molar-refractivity contribution in [3.63, 3.8) is 0 Å². The van der Waals surface area contributed by atoms with E-state index in [-0.39, 0.29) is 12.5 Å². The van der Waals surface area contributed by atoms with Gasteiger partial charge in [-0.1, -0.05) is 29.3 Å². The molecule has 1 aromatic carbocycles. The zero-order valence-electron chi connectivity index (χ0n) is 12.8. The van der Waals surface area contributed by atoms with Crippen molar-refractivity contribution >= 4 is 35.1 Å². The first-order valence-electron chi connectivity index (χ1n) is 7.39. The average Bonchev–Trinajstić information content (AvgIpc) is 2.55. The summed E-state index contributed by atoms with van der Waals surface area (Å²) in [6.07, 6.45) is 0.785. The van der Waals surface area contributed by atoms with Crippen LogP contribution in [0, 0.1) is 5.41 Å². The van der Waals surface area contributed by atoms with Gasteiger partial charge in [0.25, 0.3) is 0 Å². The molecule has 1 heterocycles. The van der Waals surface area contributed by atoms with Gasteiger partial charge in [-0.05, 0) is 37.5 Å². The third-order valence-corrected chi connectivity index (χ3v) is 5.08. The van der Waals surface area contributed by atoms with Crippen LogP contribution in [0.5, 0.6) is 0 Å². The van der Waals surface area contributed by atoms with E-state index in [9.17, 15) is 14.7 Å². The van der Waals surface area contributed by atoms with E-state index in [0.717, 1.165) is 5.56 Å². The van der Waals surface area contributed by atoms with Gasteiger partial charge in [0.2, 0.25) is 5.91 Å².